The Morgan fingerprint density at radius 1 is 1.08 bits per heavy atom. The number of benzene rings is 2. The van der Waals surface area contributed by atoms with Crippen molar-refractivity contribution in [1.29, 1.82) is 0 Å². The molecule has 1 heterocycles. The summed E-state index contributed by atoms with van der Waals surface area (Å²) in [5.74, 6) is 2.22. The van der Waals surface area contributed by atoms with E-state index in [9.17, 15) is 4.79 Å². The molecule has 5 heteroatoms. The summed E-state index contributed by atoms with van der Waals surface area (Å²) in [7, 11) is 1.83. The summed E-state index contributed by atoms with van der Waals surface area (Å²) in [6, 6.07) is 17.3. The molecule has 0 bridgehead atoms. The highest BCUT2D eigenvalue weighted by Gasteiger charge is 2.30. The zero-order valence-corrected chi connectivity index (χ0v) is 14.8. The summed E-state index contributed by atoms with van der Waals surface area (Å²) in [6.07, 6.45) is 0. The van der Waals surface area contributed by atoms with Crippen LogP contribution in [0.4, 0.5) is 5.69 Å². The van der Waals surface area contributed by atoms with Crippen molar-refractivity contribution in [3.8, 4) is 11.5 Å². The normalized spacial score (nSPS) is 14.9. The molecule has 2 aromatic carbocycles. The number of carbonyl (C=O) groups is 1. The molecule has 1 amide bonds. The van der Waals surface area contributed by atoms with E-state index in [4.69, 9.17) is 4.74 Å². The molecule has 0 radical (unpaired) electrons. The van der Waals surface area contributed by atoms with Crippen molar-refractivity contribution in [3.63, 3.8) is 0 Å². The zero-order chi connectivity index (χ0) is 16.2. The number of para-hydroxylation sites is 1. The number of carbonyl (C=O) groups excluding carboxylic acids is 1. The van der Waals surface area contributed by atoms with E-state index in [-0.39, 0.29) is 24.2 Å². The molecule has 4 nitrogen and oxygen atoms in total. The van der Waals surface area contributed by atoms with Gasteiger partial charge in [0.15, 0.2) is 0 Å². The second kappa shape index (κ2) is 8.18. The van der Waals surface area contributed by atoms with E-state index in [2.05, 4.69) is 5.32 Å². The lowest BCUT2D eigenvalue weighted by atomic mass is 9.88. The lowest BCUT2D eigenvalue weighted by molar-refractivity contribution is -0.123. The fraction of sp³-hybridized carbons (Fsp3) is 0.316. The third-order valence-electron chi connectivity index (χ3n) is 4.44. The van der Waals surface area contributed by atoms with Crippen LogP contribution in [0.5, 0.6) is 11.5 Å². The predicted molar refractivity (Wildman–Crippen MR) is 99.1 cm³/mol. The molecule has 1 aliphatic heterocycles. The van der Waals surface area contributed by atoms with Crippen LogP contribution in [0.25, 0.3) is 0 Å². The van der Waals surface area contributed by atoms with Crippen molar-refractivity contribution in [3.05, 3.63) is 54.6 Å². The average Bonchev–Trinajstić information content (AvgIpc) is 2.53. The quantitative estimate of drug-likeness (QED) is 0.897. The topological polar surface area (TPSA) is 41.6 Å². The Kier molecular flexibility index (Phi) is 6.23. The molecular formula is C19H23ClN2O2. The fourth-order valence-electron chi connectivity index (χ4n) is 2.66. The molecule has 0 aliphatic carbocycles. The van der Waals surface area contributed by atoms with E-state index in [0.717, 1.165) is 30.3 Å². The van der Waals surface area contributed by atoms with Crippen LogP contribution >= 0.6 is 12.4 Å². The Bertz CT molecular complexity index is 657. The number of hydrogen-bond donors (Lipinski definition) is 1. The van der Waals surface area contributed by atoms with Gasteiger partial charge in [0.05, 0.1) is 0 Å². The maximum atomic E-state index is 12.5. The molecule has 0 saturated carbocycles. The standard InChI is InChI=1S/C19H22N2O2.ClH/c1-14(15-12-20-13-15)19(22)21(2)16-8-10-18(11-9-16)23-17-6-4-3-5-7-17;/h3-11,14-15,20H,12-13H2,1-2H3;1H. The minimum Gasteiger partial charge on any atom is -0.457 e. The van der Waals surface area contributed by atoms with Gasteiger partial charge >= 0.3 is 0 Å². The molecule has 0 spiro atoms. The maximum Gasteiger partial charge on any atom is 0.229 e. The monoisotopic (exact) mass is 346 g/mol. The first-order valence-electron chi connectivity index (χ1n) is 7.96. The number of hydrogen-bond acceptors (Lipinski definition) is 3. The number of anilines is 1. The van der Waals surface area contributed by atoms with Crippen molar-refractivity contribution in [2.45, 2.75) is 6.92 Å². The van der Waals surface area contributed by atoms with E-state index in [1.54, 1.807) is 4.90 Å². The third kappa shape index (κ3) is 4.08. The molecule has 128 valence electrons. The highest BCUT2D eigenvalue weighted by molar-refractivity contribution is 5.94. The first-order valence-corrected chi connectivity index (χ1v) is 7.96. The van der Waals surface area contributed by atoms with Gasteiger partial charge in [-0.15, -0.1) is 12.4 Å². The second-order valence-electron chi connectivity index (χ2n) is 6.01. The van der Waals surface area contributed by atoms with Crippen LogP contribution in [-0.4, -0.2) is 26.0 Å². The lowest BCUT2D eigenvalue weighted by Crippen LogP contribution is -2.50. The molecule has 1 N–H and O–H groups in total. The average molecular weight is 347 g/mol. The van der Waals surface area contributed by atoms with Crippen molar-refractivity contribution in [2.24, 2.45) is 11.8 Å². The molecule has 1 aliphatic rings. The maximum absolute atomic E-state index is 12.5. The highest BCUT2D eigenvalue weighted by atomic mass is 35.5. The van der Waals surface area contributed by atoms with E-state index < -0.39 is 0 Å². The van der Waals surface area contributed by atoms with Crippen LogP contribution in [0.1, 0.15) is 6.92 Å². The van der Waals surface area contributed by atoms with Gasteiger partial charge in [-0.2, -0.15) is 0 Å². The largest absolute Gasteiger partial charge is 0.457 e. The van der Waals surface area contributed by atoms with E-state index in [1.807, 2.05) is 68.6 Å². The zero-order valence-electron chi connectivity index (χ0n) is 13.9. The minimum atomic E-state index is 0. The number of rotatable bonds is 5. The molecule has 24 heavy (non-hydrogen) atoms. The summed E-state index contributed by atoms with van der Waals surface area (Å²) in [4.78, 5) is 14.3. The number of amides is 1. The molecular weight excluding hydrogens is 324 g/mol. The summed E-state index contributed by atoms with van der Waals surface area (Å²) < 4.78 is 5.77. The summed E-state index contributed by atoms with van der Waals surface area (Å²) in [5.41, 5.74) is 0.884. The minimum absolute atomic E-state index is 0. The SMILES string of the molecule is CC(C(=O)N(C)c1ccc(Oc2ccccc2)cc1)C1CNC1.Cl. The van der Waals surface area contributed by atoms with Gasteiger partial charge in [0.25, 0.3) is 0 Å². The van der Waals surface area contributed by atoms with Gasteiger partial charge in [-0.25, -0.2) is 0 Å². The van der Waals surface area contributed by atoms with Crippen LogP contribution in [-0.2, 0) is 4.79 Å². The molecule has 1 atom stereocenters. The van der Waals surface area contributed by atoms with E-state index >= 15 is 0 Å². The van der Waals surface area contributed by atoms with Gasteiger partial charge in [0, 0.05) is 18.7 Å². The van der Waals surface area contributed by atoms with Gasteiger partial charge in [-0.05, 0) is 55.4 Å². The van der Waals surface area contributed by atoms with Crippen LogP contribution < -0.4 is 15.0 Å². The second-order valence-corrected chi connectivity index (χ2v) is 6.01. The Morgan fingerprint density at radius 3 is 2.21 bits per heavy atom. The van der Waals surface area contributed by atoms with E-state index in [0.29, 0.717) is 5.92 Å². The predicted octanol–water partition coefficient (Wildman–Crippen LogP) is 3.72. The Hall–Kier alpha value is -2.04. The smallest absolute Gasteiger partial charge is 0.229 e. The Balaban J connectivity index is 0.00000208. The van der Waals surface area contributed by atoms with Crippen molar-refractivity contribution in [1.82, 2.24) is 5.32 Å². The molecule has 2 aromatic rings. The number of nitrogens with one attached hydrogen (secondary N) is 1. The van der Waals surface area contributed by atoms with Crippen LogP contribution in [0, 0.1) is 11.8 Å². The molecule has 1 saturated heterocycles. The number of halogens is 1. The highest BCUT2D eigenvalue weighted by Crippen LogP contribution is 2.26. The fourth-order valence-corrected chi connectivity index (χ4v) is 2.66. The van der Waals surface area contributed by atoms with Gasteiger partial charge < -0.3 is 15.0 Å². The van der Waals surface area contributed by atoms with Gasteiger partial charge in [-0.1, -0.05) is 25.1 Å². The van der Waals surface area contributed by atoms with Crippen LogP contribution in [0.2, 0.25) is 0 Å². The number of ether oxygens (including phenoxy) is 1. The first kappa shape index (κ1) is 18.3. The summed E-state index contributed by atoms with van der Waals surface area (Å²) >= 11 is 0. The van der Waals surface area contributed by atoms with Crippen LogP contribution in [0.15, 0.2) is 54.6 Å². The van der Waals surface area contributed by atoms with Gasteiger partial charge in [-0.3, -0.25) is 4.79 Å². The van der Waals surface area contributed by atoms with Crippen LogP contribution in [0.3, 0.4) is 0 Å². The van der Waals surface area contributed by atoms with E-state index in [1.165, 1.54) is 0 Å². The van der Waals surface area contributed by atoms with Gasteiger partial charge in [0.2, 0.25) is 5.91 Å². The van der Waals surface area contributed by atoms with Crippen molar-refractivity contribution in [2.75, 3.05) is 25.0 Å². The van der Waals surface area contributed by atoms with Gasteiger partial charge in [0.1, 0.15) is 11.5 Å². The molecule has 1 fully saturated rings. The first-order chi connectivity index (χ1) is 11.1. The Morgan fingerprint density at radius 2 is 1.67 bits per heavy atom. The Labute approximate surface area is 149 Å². The molecule has 3 rings (SSSR count). The van der Waals surface area contributed by atoms with Crippen molar-refractivity contribution >= 4 is 24.0 Å². The summed E-state index contributed by atoms with van der Waals surface area (Å²) in [5, 5.41) is 3.22. The molecule has 0 aromatic heterocycles. The lowest BCUT2D eigenvalue weighted by Gasteiger charge is -2.34. The number of nitrogens with zero attached hydrogens (tertiary/aromatic N) is 1. The third-order valence-corrected chi connectivity index (χ3v) is 4.44. The van der Waals surface area contributed by atoms with Crippen molar-refractivity contribution < 1.29 is 9.53 Å². The molecule has 1 unspecified atom stereocenters. The summed E-state index contributed by atoms with van der Waals surface area (Å²) in [6.45, 7) is 3.88.